The second-order valence-electron chi connectivity index (χ2n) is 5.37. The Balaban J connectivity index is 2.08. The maximum absolute atomic E-state index is 5.75. The van der Waals surface area contributed by atoms with Crippen LogP contribution in [0.25, 0.3) is 0 Å². The lowest BCUT2D eigenvalue weighted by atomic mass is 10.0. The predicted octanol–water partition coefficient (Wildman–Crippen LogP) is 3.86. The zero-order chi connectivity index (χ0) is 13.0. The van der Waals surface area contributed by atoms with Crippen LogP contribution in [0.3, 0.4) is 0 Å². The summed E-state index contributed by atoms with van der Waals surface area (Å²) in [5, 5.41) is 3.63. The van der Waals surface area contributed by atoms with Crippen molar-refractivity contribution < 1.29 is 4.74 Å². The standard InChI is InChI=1S/C15H24N2O/c1-4-12-7-5-8-13(12)17-14-9-6-10-16-15(14)18-11(2)3/h6,9-13,17H,4-5,7-8H2,1-3H3. The molecule has 0 aliphatic heterocycles. The molecule has 2 rings (SSSR count). The molecular weight excluding hydrogens is 224 g/mol. The molecular formula is C15H24N2O. The van der Waals surface area contributed by atoms with Crippen molar-refractivity contribution >= 4 is 5.69 Å². The molecule has 1 heterocycles. The lowest BCUT2D eigenvalue weighted by Gasteiger charge is -2.22. The van der Waals surface area contributed by atoms with E-state index in [1.807, 2.05) is 19.9 Å². The molecule has 1 saturated carbocycles. The Morgan fingerprint density at radius 2 is 2.28 bits per heavy atom. The summed E-state index contributed by atoms with van der Waals surface area (Å²) in [6.07, 6.45) is 7.12. The summed E-state index contributed by atoms with van der Waals surface area (Å²) in [5.41, 5.74) is 1.04. The number of pyridine rings is 1. The third kappa shape index (κ3) is 3.15. The SMILES string of the molecule is CCC1CCCC1Nc1cccnc1OC(C)C. The summed E-state index contributed by atoms with van der Waals surface area (Å²) in [6.45, 7) is 6.34. The summed E-state index contributed by atoms with van der Waals surface area (Å²) in [6, 6.07) is 4.61. The van der Waals surface area contributed by atoms with Gasteiger partial charge in [0.05, 0.1) is 11.8 Å². The van der Waals surface area contributed by atoms with Gasteiger partial charge in [-0.25, -0.2) is 4.98 Å². The Labute approximate surface area is 110 Å². The van der Waals surface area contributed by atoms with E-state index >= 15 is 0 Å². The van der Waals surface area contributed by atoms with Crippen molar-refractivity contribution in [1.82, 2.24) is 4.98 Å². The fraction of sp³-hybridized carbons (Fsp3) is 0.667. The molecule has 0 bridgehead atoms. The van der Waals surface area contributed by atoms with Crippen LogP contribution >= 0.6 is 0 Å². The van der Waals surface area contributed by atoms with E-state index in [0.29, 0.717) is 6.04 Å². The molecule has 0 aromatic carbocycles. The Hall–Kier alpha value is -1.25. The van der Waals surface area contributed by atoms with Gasteiger partial charge in [-0.1, -0.05) is 19.8 Å². The smallest absolute Gasteiger partial charge is 0.237 e. The molecule has 0 radical (unpaired) electrons. The molecule has 1 fully saturated rings. The topological polar surface area (TPSA) is 34.2 Å². The second kappa shape index (κ2) is 6.07. The first kappa shape index (κ1) is 13.2. The van der Waals surface area contributed by atoms with Gasteiger partial charge < -0.3 is 10.1 Å². The van der Waals surface area contributed by atoms with Crippen molar-refractivity contribution in [1.29, 1.82) is 0 Å². The van der Waals surface area contributed by atoms with Crippen molar-refractivity contribution in [2.24, 2.45) is 5.92 Å². The van der Waals surface area contributed by atoms with Crippen LogP contribution in [0, 0.1) is 5.92 Å². The predicted molar refractivity (Wildman–Crippen MR) is 75.0 cm³/mol. The van der Waals surface area contributed by atoms with E-state index in [4.69, 9.17) is 4.74 Å². The number of hydrogen-bond acceptors (Lipinski definition) is 3. The van der Waals surface area contributed by atoms with Crippen LogP contribution in [0.4, 0.5) is 5.69 Å². The zero-order valence-corrected chi connectivity index (χ0v) is 11.6. The normalized spacial score (nSPS) is 23.3. The van der Waals surface area contributed by atoms with Gasteiger partial charge in [0.2, 0.25) is 5.88 Å². The second-order valence-corrected chi connectivity index (χ2v) is 5.37. The van der Waals surface area contributed by atoms with E-state index in [1.165, 1.54) is 25.7 Å². The molecule has 1 aromatic heterocycles. The molecule has 1 aromatic rings. The Kier molecular flexibility index (Phi) is 4.45. The highest BCUT2D eigenvalue weighted by atomic mass is 16.5. The molecule has 3 nitrogen and oxygen atoms in total. The fourth-order valence-electron chi connectivity index (χ4n) is 2.73. The maximum Gasteiger partial charge on any atom is 0.237 e. The average Bonchev–Trinajstić information content (AvgIpc) is 2.78. The van der Waals surface area contributed by atoms with Gasteiger partial charge in [0.1, 0.15) is 0 Å². The maximum atomic E-state index is 5.75. The van der Waals surface area contributed by atoms with Crippen LogP contribution in [0.15, 0.2) is 18.3 Å². The zero-order valence-electron chi connectivity index (χ0n) is 11.6. The van der Waals surface area contributed by atoms with Crippen LogP contribution < -0.4 is 10.1 Å². The average molecular weight is 248 g/mol. The number of anilines is 1. The van der Waals surface area contributed by atoms with Crippen LogP contribution in [-0.2, 0) is 0 Å². The highest BCUT2D eigenvalue weighted by Gasteiger charge is 2.26. The first-order chi connectivity index (χ1) is 8.70. The Bertz CT molecular complexity index is 379. The molecule has 1 N–H and O–H groups in total. The van der Waals surface area contributed by atoms with Gasteiger partial charge in [0, 0.05) is 12.2 Å². The summed E-state index contributed by atoms with van der Waals surface area (Å²) in [5.74, 6) is 1.52. The fourth-order valence-corrected chi connectivity index (χ4v) is 2.73. The number of nitrogens with zero attached hydrogens (tertiary/aromatic N) is 1. The lowest BCUT2D eigenvalue weighted by Crippen LogP contribution is -2.24. The number of nitrogens with one attached hydrogen (secondary N) is 1. The number of hydrogen-bond donors (Lipinski definition) is 1. The van der Waals surface area contributed by atoms with E-state index < -0.39 is 0 Å². The lowest BCUT2D eigenvalue weighted by molar-refractivity contribution is 0.233. The van der Waals surface area contributed by atoms with E-state index in [1.54, 1.807) is 6.20 Å². The first-order valence-corrected chi connectivity index (χ1v) is 7.09. The summed E-state index contributed by atoms with van der Waals surface area (Å²) >= 11 is 0. The summed E-state index contributed by atoms with van der Waals surface area (Å²) in [7, 11) is 0. The molecule has 0 saturated heterocycles. The van der Waals surface area contributed by atoms with Crippen molar-refractivity contribution in [3.05, 3.63) is 18.3 Å². The van der Waals surface area contributed by atoms with Gasteiger partial charge in [-0.2, -0.15) is 0 Å². The molecule has 0 amide bonds. The number of aromatic nitrogens is 1. The molecule has 0 spiro atoms. The molecule has 1 aliphatic carbocycles. The highest BCUT2D eigenvalue weighted by molar-refractivity contribution is 5.53. The van der Waals surface area contributed by atoms with E-state index in [0.717, 1.165) is 17.5 Å². The van der Waals surface area contributed by atoms with Gasteiger partial charge in [-0.05, 0) is 44.7 Å². The third-order valence-electron chi connectivity index (χ3n) is 3.64. The van der Waals surface area contributed by atoms with Crippen LogP contribution in [0.1, 0.15) is 46.5 Å². The van der Waals surface area contributed by atoms with Gasteiger partial charge in [-0.3, -0.25) is 0 Å². The third-order valence-corrected chi connectivity index (χ3v) is 3.64. The Morgan fingerprint density at radius 3 is 3.00 bits per heavy atom. The minimum atomic E-state index is 0.158. The first-order valence-electron chi connectivity index (χ1n) is 7.09. The van der Waals surface area contributed by atoms with Crippen LogP contribution in [0.2, 0.25) is 0 Å². The van der Waals surface area contributed by atoms with E-state index in [2.05, 4.69) is 23.3 Å². The monoisotopic (exact) mass is 248 g/mol. The molecule has 2 unspecified atom stereocenters. The Morgan fingerprint density at radius 1 is 1.44 bits per heavy atom. The number of ether oxygens (including phenoxy) is 1. The number of rotatable bonds is 5. The van der Waals surface area contributed by atoms with Gasteiger partial charge in [0.25, 0.3) is 0 Å². The largest absolute Gasteiger partial charge is 0.473 e. The van der Waals surface area contributed by atoms with Gasteiger partial charge in [-0.15, -0.1) is 0 Å². The van der Waals surface area contributed by atoms with Crippen LogP contribution in [-0.4, -0.2) is 17.1 Å². The van der Waals surface area contributed by atoms with Gasteiger partial charge in [0.15, 0.2) is 0 Å². The minimum Gasteiger partial charge on any atom is -0.473 e. The van der Waals surface area contributed by atoms with Crippen molar-refractivity contribution in [2.75, 3.05) is 5.32 Å². The van der Waals surface area contributed by atoms with Gasteiger partial charge >= 0.3 is 0 Å². The van der Waals surface area contributed by atoms with Crippen molar-refractivity contribution in [3.8, 4) is 5.88 Å². The van der Waals surface area contributed by atoms with E-state index in [9.17, 15) is 0 Å². The molecule has 18 heavy (non-hydrogen) atoms. The minimum absolute atomic E-state index is 0.158. The highest BCUT2D eigenvalue weighted by Crippen LogP contribution is 2.33. The molecule has 1 aliphatic rings. The quantitative estimate of drug-likeness (QED) is 0.859. The molecule has 3 heteroatoms. The van der Waals surface area contributed by atoms with E-state index in [-0.39, 0.29) is 6.10 Å². The molecule has 2 atom stereocenters. The van der Waals surface area contributed by atoms with Crippen molar-refractivity contribution in [3.63, 3.8) is 0 Å². The molecule has 100 valence electrons. The summed E-state index contributed by atoms with van der Waals surface area (Å²) in [4.78, 5) is 4.33. The van der Waals surface area contributed by atoms with Crippen molar-refractivity contribution in [2.45, 2.75) is 58.6 Å². The van der Waals surface area contributed by atoms with Crippen LogP contribution in [0.5, 0.6) is 5.88 Å². The summed E-state index contributed by atoms with van der Waals surface area (Å²) < 4.78 is 5.75.